The zero-order valence-electron chi connectivity index (χ0n) is 16.5. The van der Waals surface area contributed by atoms with Crippen molar-refractivity contribution in [1.29, 1.82) is 0 Å². The Labute approximate surface area is 182 Å². The van der Waals surface area contributed by atoms with Crippen LogP contribution in [0.15, 0.2) is 73.3 Å². The molecule has 154 valence electrons. The van der Waals surface area contributed by atoms with Gasteiger partial charge < -0.3 is 15.6 Å². The molecule has 5 aromatic rings. The monoisotopic (exact) mass is 430 g/mol. The molecule has 0 saturated heterocycles. The molecule has 3 N–H and O–H groups in total. The number of rotatable bonds is 6. The molecule has 3 aromatic heterocycles. The Kier molecular flexibility index (Phi) is 5.05. The number of anilines is 2. The third-order valence-corrected chi connectivity index (χ3v) is 6.05. The van der Waals surface area contributed by atoms with Crippen LogP contribution in [0.4, 0.5) is 15.9 Å². The van der Waals surface area contributed by atoms with Crippen LogP contribution in [0.25, 0.3) is 32.0 Å². The number of nitrogens with zero attached hydrogens (tertiary/aromatic N) is 4. The number of hydrogen-bond donors (Lipinski definition) is 2. The zero-order valence-corrected chi connectivity index (χ0v) is 17.3. The first-order valence-corrected chi connectivity index (χ1v) is 10.6. The second-order valence-electron chi connectivity index (χ2n) is 7.02. The molecule has 0 aliphatic rings. The number of thiophene rings is 1. The second-order valence-corrected chi connectivity index (χ2v) is 8.05. The summed E-state index contributed by atoms with van der Waals surface area (Å²) in [6.07, 6.45) is 3.34. The molecule has 0 fully saturated rings. The van der Waals surface area contributed by atoms with Gasteiger partial charge in [0, 0.05) is 24.3 Å². The number of nitrogens with one attached hydrogen (secondary N) is 1. The van der Waals surface area contributed by atoms with E-state index < -0.39 is 0 Å². The highest BCUT2D eigenvalue weighted by molar-refractivity contribution is 7.21. The number of halogens is 1. The molecule has 0 atom stereocenters. The Balaban J connectivity index is 1.51. The summed E-state index contributed by atoms with van der Waals surface area (Å²) in [6, 6.07) is 18.5. The van der Waals surface area contributed by atoms with E-state index in [1.54, 1.807) is 23.5 Å². The molecule has 0 amide bonds. The molecule has 0 unspecified atom stereocenters. The molecule has 0 bridgehead atoms. The molecular weight excluding hydrogens is 411 g/mol. The number of nitrogen functional groups attached to an aromatic ring is 1. The van der Waals surface area contributed by atoms with Crippen molar-refractivity contribution in [3.63, 3.8) is 0 Å². The predicted octanol–water partition coefficient (Wildman–Crippen LogP) is 5.06. The number of benzene rings is 2. The van der Waals surface area contributed by atoms with Crippen LogP contribution in [0.3, 0.4) is 0 Å². The van der Waals surface area contributed by atoms with E-state index in [-0.39, 0.29) is 5.82 Å². The molecule has 31 heavy (non-hydrogen) atoms. The van der Waals surface area contributed by atoms with Crippen molar-refractivity contribution in [3.05, 3.63) is 79.1 Å². The number of imidazole rings is 1. The van der Waals surface area contributed by atoms with Gasteiger partial charge in [0.25, 0.3) is 0 Å². The average Bonchev–Trinajstić information content (AvgIpc) is 3.41. The molecule has 6 nitrogen and oxygen atoms in total. The highest BCUT2D eigenvalue weighted by atomic mass is 32.1. The minimum atomic E-state index is -0.248. The van der Waals surface area contributed by atoms with Crippen LogP contribution in [0.1, 0.15) is 0 Å². The summed E-state index contributed by atoms with van der Waals surface area (Å²) >= 11 is 1.57. The van der Waals surface area contributed by atoms with Gasteiger partial charge in [-0.15, -0.1) is 11.3 Å². The second kappa shape index (κ2) is 8.16. The van der Waals surface area contributed by atoms with Crippen molar-refractivity contribution in [2.24, 2.45) is 0 Å². The Morgan fingerprint density at radius 1 is 1.00 bits per heavy atom. The van der Waals surface area contributed by atoms with Gasteiger partial charge in [0.2, 0.25) is 0 Å². The molecular formula is C23H19FN6S. The van der Waals surface area contributed by atoms with Crippen LogP contribution < -0.4 is 11.1 Å². The van der Waals surface area contributed by atoms with Crippen molar-refractivity contribution in [1.82, 2.24) is 19.5 Å². The molecule has 5 rings (SSSR count). The van der Waals surface area contributed by atoms with E-state index in [0.717, 1.165) is 37.7 Å². The SMILES string of the molecule is Nc1ncnc2sc(-c3c(-c4ccccc4)ncn3CCNc3ccc(F)cc3)cc12. The maximum absolute atomic E-state index is 13.1. The van der Waals surface area contributed by atoms with Crippen LogP contribution in [0.2, 0.25) is 0 Å². The number of hydrogen-bond acceptors (Lipinski definition) is 6. The smallest absolute Gasteiger partial charge is 0.135 e. The minimum absolute atomic E-state index is 0.248. The van der Waals surface area contributed by atoms with Gasteiger partial charge >= 0.3 is 0 Å². The van der Waals surface area contributed by atoms with Crippen molar-refractivity contribution >= 4 is 33.1 Å². The van der Waals surface area contributed by atoms with Gasteiger partial charge in [0.15, 0.2) is 0 Å². The van der Waals surface area contributed by atoms with Crippen LogP contribution >= 0.6 is 11.3 Å². The fourth-order valence-electron chi connectivity index (χ4n) is 3.50. The van der Waals surface area contributed by atoms with Gasteiger partial charge in [0.05, 0.1) is 28.0 Å². The molecule has 0 saturated carbocycles. The maximum Gasteiger partial charge on any atom is 0.135 e. The van der Waals surface area contributed by atoms with Crippen molar-refractivity contribution in [2.75, 3.05) is 17.6 Å². The summed E-state index contributed by atoms with van der Waals surface area (Å²) in [7, 11) is 0. The highest BCUT2D eigenvalue weighted by Crippen LogP contribution is 2.38. The average molecular weight is 431 g/mol. The summed E-state index contributed by atoms with van der Waals surface area (Å²) in [4.78, 5) is 15.1. The lowest BCUT2D eigenvalue weighted by atomic mass is 10.1. The standard InChI is InChI=1S/C23H19FN6S/c24-16-6-8-17(9-7-16)26-10-11-30-14-29-20(15-4-2-1-3-5-15)21(30)19-12-18-22(25)27-13-28-23(18)31-19/h1-9,12-14,26H,10-11H2,(H2,25,27,28). The van der Waals surface area contributed by atoms with E-state index in [4.69, 9.17) is 10.7 Å². The number of fused-ring (bicyclic) bond motifs is 1. The summed E-state index contributed by atoms with van der Waals surface area (Å²) in [6.45, 7) is 1.35. The number of aromatic nitrogens is 4. The highest BCUT2D eigenvalue weighted by Gasteiger charge is 2.18. The first-order valence-electron chi connectivity index (χ1n) is 9.79. The Morgan fingerprint density at radius 3 is 2.58 bits per heavy atom. The topological polar surface area (TPSA) is 81.7 Å². The summed E-state index contributed by atoms with van der Waals surface area (Å²) in [5, 5.41) is 4.18. The van der Waals surface area contributed by atoms with E-state index in [1.807, 2.05) is 30.6 Å². The van der Waals surface area contributed by atoms with Crippen molar-refractivity contribution in [2.45, 2.75) is 6.54 Å². The third-order valence-electron chi connectivity index (χ3n) is 5.00. The Morgan fingerprint density at radius 2 is 1.81 bits per heavy atom. The lowest BCUT2D eigenvalue weighted by Gasteiger charge is -2.11. The lowest BCUT2D eigenvalue weighted by molar-refractivity contribution is 0.628. The first kappa shape index (κ1) is 19.2. The van der Waals surface area contributed by atoms with Gasteiger partial charge in [-0.3, -0.25) is 0 Å². The molecule has 0 aliphatic carbocycles. The Bertz CT molecular complexity index is 1330. The van der Waals surface area contributed by atoms with Gasteiger partial charge in [-0.2, -0.15) is 0 Å². The maximum atomic E-state index is 13.1. The molecule has 8 heteroatoms. The summed E-state index contributed by atoms with van der Waals surface area (Å²) in [5.41, 5.74) is 9.89. The minimum Gasteiger partial charge on any atom is -0.383 e. The summed E-state index contributed by atoms with van der Waals surface area (Å²) in [5.74, 6) is 0.222. The van der Waals surface area contributed by atoms with Gasteiger partial charge in [0.1, 0.15) is 22.8 Å². The predicted molar refractivity (Wildman–Crippen MR) is 123 cm³/mol. The van der Waals surface area contributed by atoms with E-state index >= 15 is 0 Å². The number of nitrogens with two attached hydrogens (primary N) is 1. The van der Waals surface area contributed by atoms with Crippen LogP contribution in [-0.2, 0) is 6.54 Å². The quantitative estimate of drug-likeness (QED) is 0.394. The Hall–Kier alpha value is -3.78. The zero-order chi connectivity index (χ0) is 21.2. The lowest BCUT2D eigenvalue weighted by Crippen LogP contribution is -2.10. The molecule has 0 aliphatic heterocycles. The van der Waals surface area contributed by atoms with Gasteiger partial charge in [-0.1, -0.05) is 30.3 Å². The third kappa shape index (κ3) is 3.85. The van der Waals surface area contributed by atoms with E-state index in [2.05, 4.69) is 32.0 Å². The van der Waals surface area contributed by atoms with Crippen molar-refractivity contribution in [3.8, 4) is 21.8 Å². The summed E-state index contributed by atoms with van der Waals surface area (Å²) < 4.78 is 15.3. The normalized spacial score (nSPS) is 11.1. The van der Waals surface area contributed by atoms with E-state index in [1.165, 1.54) is 18.5 Å². The van der Waals surface area contributed by atoms with Gasteiger partial charge in [-0.05, 0) is 30.3 Å². The van der Waals surface area contributed by atoms with Crippen LogP contribution in [0, 0.1) is 5.82 Å². The molecule has 0 spiro atoms. The van der Waals surface area contributed by atoms with Crippen molar-refractivity contribution < 1.29 is 4.39 Å². The molecule has 2 aromatic carbocycles. The first-order chi connectivity index (χ1) is 15.2. The fourth-order valence-corrected chi connectivity index (χ4v) is 4.57. The van der Waals surface area contributed by atoms with Gasteiger partial charge in [-0.25, -0.2) is 19.3 Å². The van der Waals surface area contributed by atoms with Crippen LogP contribution in [0.5, 0.6) is 0 Å². The molecule has 0 radical (unpaired) electrons. The fraction of sp³-hybridized carbons (Fsp3) is 0.0870. The van der Waals surface area contributed by atoms with E-state index in [0.29, 0.717) is 18.9 Å². The van der Waals surface area contributed by atoms with Crippen LogP contribution in [-0.4, -0.2) is 26.1 Å². The molecule has 3 heterocycles. The van der Waals surface area contributed by atoms with E-state index in [9.17, 15) is 4.39 Å². The largest absolute Gasteiger partial charge is 0.383 e.